The van der Waals surface area contributed by atoms with Gasteiger partial charge in [0.25, 0.3) is 16.8 Å². The van der Waals surface area contributed by atoms with Gasteiger partial charge in [0.05, 0.1) is 11.3 Å². The van der Waals surface area contributed by atoms with Gasteiger partial charge in [0.15, 0.2) is 5.75 Å². The minimum absolute atomic E-state index is 0.0396. The van der Waals surface area contributed by atoms with Crippen LogP contribution in [0.25, 0.3) is 10.8 Å². The highest BCUT2D eigenvalue weighted by atomic mass is 16.3. The zero-order chi connectivity index (χ0) is 26.9. The third-order valence-corrected chi connectivity index (χ3v) is 6.14. The largest absolute Gasteiger partial charge is 0.505 e. The number of benzene rings is 3. The van der Waals surface area contributed by atoms with Crippen LogP contribution in [-0.2, 0) is 4.79 Å². The van der Waals surface area contributed by atoms with Gasteiger partial charge in [-0.15, -0.1) is 0 Å². The van der Waals surface area contributed by atoms with E-state index in [1.807, 2.05) is 50.2 Å². The van der Waals surface area contributed by atoms with Crippen LogP contribution >= 0.6 is 0 Å². The molecule has 2 amide bonds. The van der Waals surface area contributed by atoms with Gasteiger partial charge in [-0.25, -0.2) is 0 Å². The molecule has 0 saturated carbocycles. The molecular formula is C28H28N4O5. The first kappa shape index (κ1) is 25.4. The van der Waals surface area contributed by atoms with E-state index >= 15 is 0 Å². The Balaban J connectivity index is 1.60. The molecule has 0 radical (unpaired) electrons. The fourth-order valence-corrected chi connectivity index (χ4v) is 4.08. The van der Waals surface area contributed by atoms with Crippen molar-refractivity contribution in [2.24, 2.45) is 5.92 Å². The third-order valence-electron chi connectivity index (χ3n) is 6.14. The van der Waals surface area contributed by atoms with E-state index in [2.05, 4.69) is 16.0 Å². The number of rotatable bonds is 8. The quantitative estimate of drug-likeness (QED) is 0.215. The number of anilines is 4. The summed E-state index contributed by atoms with van der Waals surface area (Å²) in [6.45, 7) is 3.64. The zero-order valence-corrected chi connectivity index (χ0v) is 21.0. The molecule has 4 rings (SSSR count). The van der Waals surface area contributed by atoms with Crippen molar-refractivity contribution in [1.29, 1.82) is 0 Å². The number of carbonyl (C=O) groups excluding carboxylic acids is 2. The number of phenols is 1. The Morgan fingerprint density at radius 2 is 1.46 bits per heavy atom. The summed E-state index contributed by atoms with van der Waals surface area (Å²) in [6, 6.07) is 16.9. The van der Waals surface area contributed by atoms with E-state index < -0.39 is 22.8 Å². The molecule has 4 aromatic rings. The smallest absolute Gasteiger partial charge is 0.257 e. The molecule has 0 saturated heterocycles. The van der Waals surface area contributed by atoms with Crippen LogP contribution < -0.4 is 26.8 Å². The summed E-state index contributed by atoms with van der Waals surface area (Å²) in [5.41, 5.74) is -0.943. The van der Waals surface area contributed by atoms with Gasteiger partial charge in [-0.2, -0.15) is 0 Å². The van der Waals surface area contributed by atoms with E-state index in [4.69, 9.17) is 0 Å². The van der Waals surface area contributed by atoms with E-state index in [1.54, 1.807) is 26.2 Å². The minimum Gasteiger partial charge on any atom is -0.505 e. The molecule has 0 bridgehead atoms. The predicted octanol–water partition coefficient (Wildman–Crippen LogP) is 3.66. The van der Waals surface area contributed by atoms with Gasteiger partial charge in [-0.3, -0.25) is 19.2 Å². The van der Waals surface area contributed by atoms with Crippen LogP contribution in [-0.4, -0.2) is 42.0 Å². The van der Waals surface area contributed by atoms with Crippen molar-refractivity contribution >= 4 is 45.3 Å². The number of nitrogens with zero attached hydrogens (tertiary/aromatic N) is 1. The molecule has 0 fully saturated rings. The molecule has 37 heavy (non-hydrogen) atoms. The molecule has 4 N–H and O–H groups in total. The summed E-state index contributed by atoms with van der Waals surface area (Å²) in [7, 11) is 3.10. The Bertz CT molecular complexity index is 1560. The Kier molecular flexibility index (Phi) is 6.97. The molecule has 0 aromatic heterocycles. The van der Waals surface area contributed by atoms with Gasteiger partial charge >= 0.3 is 0 Å². The lowest BCUT2D eigenvalue weighted by atomic mass is 10.0. The lowest BCUT2D eigenvalue weighted by molar-refractivity contribution is -0.117. The number of phenolic OH excluding ortho intramolecular Hbond substituents is 1. The second-order valence-corrected chi connectivity index (χ2v) is 9.32. The molecule has 4 aromatic carbocycles. The molecule has 190 valence electrons. The molecule has 0 aliphatic heterocycles. The van der Waals surface area contributed by atoms with Gasteiger partial charge in [0.2, 0.25) is 5.91 Å². The Labute approximate surface area is 213 Å². The SMILES string of the molecule is CC(C)[C@@H](Nc1c(Nc2cccc(C(=O)N(C)C)c2O)c(=O)c1=O)C(=O)Nc1cccc2ccccc12. The minimum atomic E-state index is -0.835. The lowest BCUT2D eigenvalue weighted by Crippen LogP contribution is -2.45. The maximum Gasteiger partial charge on any atom is 0.257 e. The van der Waals surface area contributed by atoms with Gasteiger partial charge < -0.3 is 26.0 Å². The maximum atomic E-state index is 13.3. The topological polar surface area (TPSA) is 128 Å². The third kappa shape index (κ3) is 4.88. The maximum absolute atomic E-state index is 13.3. The molecule has 0 aliphatic rings. The first-order valence-corrected chi connectivity index (χ1v) is 11.8. The number of amides is 2. The summed E-state index contributed by atoms with van der Waals surface area (Å²) < 4.78 is 0. The van der Waals surface area contributed by atoms with Crippen molar-refractivity contribution < 1.29 is 14.7 Å². The molecule has 9 heteroatoms. The van der Waals surface area contributed by atoms with E-state index in [0.717, 1.165) is 10.8 Å². The number of hydrogen-bond acceptors (Lipinski definition) is 7. The Hall–Kier alpha value is -4.66. The van der Waals surface area contributed by atoms with Crippen LogP contribution in [0.3, 0.4) is 0 Å². The average molecular weight is 501 g/mol. The fourth-order valence-electron chi connectivity index (χ4n) is 4.08. The van der Waals surface area contributed by atoms with E-state index in [9.17, 15) is 24.3 Å². The summed E-state index contributed by atoms with van der Waals surface area (Å²) in [4.78, 5) is 51.8. The highest BCUT2D eigenvalue weighted by Gasteiger charge is 2.30. The molecule has 0 spiro atoms. The highest BCUT2D eigenvalue weighted by Crippen LogP contribution is 2.32. The Morgan fingerprint density at radius 1 is 0.838 bits per heavy atom. The van der Waals surface area contributed by atoms with Crippen LogP contribution in [0.4, 0.5) is 22.7 Å². The van der Waals surface area contributed by atoms with Crippen LogP contribution in [0.5, 0.6) is 5.75 Å². The number of nitrogens with one attached hydrogen (secondary N) is 3. The second-order valence-electron chi connectivity index (χ2n) is 9.32. The predicted molar refractivity (Wildman–Crippen MR) is 146 cm³/mol. The lowest BCUT2D eigenvalue weighted by Gasteiger charge is -2.25. The number of hydrogen-bond donors (Lipinski definition) is 4. The van der Waals surface area contributed by atoms with Crippen LogP contribution in [0.1, 0.15) is 24.2 Å². The first-order valence-electron chi connectivity index (χ1n) is 11.8. The molecule has 0 heterocycles. The van der Waals surface area contributed by atoms with E-state index in [-0.39, 0.29) is 40.2 Å². The Morgan fingerprint density at radius 3 is 2.16 bits per heavy atom. The molecular weight excluding hydrogens is 472 g/mol. The fraction of sp³-hybridized carbons (Fsp3) is 0.214. The van der Waals surface area contributed by atoms with E-state index in [1.165, 1.54) is 17.0 Å². The summed E-state index contributed by atoms with van der Waals surface area (Å²) in [5.74, 6) is -1.38. The number of para-hydroxylation sites is 1. The normalized spacial score (nSPS) is 11.9. The number of fused-ring (bicyclic) bond motifs is 1. The highest BCUT2D eigenvalue weighted by molar-refractivity contribution is 6.05. The van der Waals surface area contributed by atoms with Crippen molar-refractivity contribution in [3.05, 3.63) is 86.7 Å². The number of aromatic hydroxyl groups is 1. The van der Waals surface area contributed by atoms with Gasteiger partial charge in [-0.1, -0.05) is 56.3 Å². The molecule has 0 unspecified atom stereocenters. The van der Waals surface area contributed by atoms with Crippen molar-refractivity contribution in [3.63, 3.8) is 0 Å². The van der Waals surface area contributed by atoms with Crippen molar-refractivity contribution in [3.8, 4) is 5.75 Å². The van der Waals surface area contributed by atoms with Crippen LogP contribution in [0.2, 0.25) is 0 Å². The second kappa shape index (κ2) is 10.1. The average Bonchev–Trinajstić information content (AvgIpc) is 2.88. The van der Waals surface area contributed by atoms with E-state index in [0.29, 0.717) is 5.69 Å². The molecule has 0 aliphatic carbocycles. The molecule has 1 atom stereocenters. The first-order chi connectivity index (χ1) is 17.6. The summed E-state index contributed by atoms with van der Waals surface area (Å²) in [5, 5.41) is 21.1. The van der Waals surface area contributed by atoms with Crippen molar-refractivity contribution in [2.75, 3.05) is 30.0 Å². The van der Waals surface area contributed by atoms with Gasteiger partial charge in [-0.05, 0) is 29.5 Å². The number of carbonyl (C=O) groups is 2. The van der Waals surface area contributed by atoms with Crippen LogP contribution in [0, 0.1) is 5.92 Å². The van der Waals surface area contributed by atoms with Crippen LogP contribution in [0.15, 0.2) is 70.3 Å². The standard InChI is InChI=1S/C28H28N4O5/c1-15(2)21(27(36)30-19-13-7-10-16-9-5-6-11-17(16)19)31-23-22(25(34)26(23)35)29-20-14-8-12-18(24(20)33)28(37)32(3)4/h5-15,21,29,31,33H,1-4H3,(H,30,36)/t21-/m1/s1. The van der Waals surface area contributed by atoms with Crippen molar-refractivity contribution in [1.82, 2.24) is 4.90 Å². The summed E-state index contributed by atoms with van der Waals surface area (Å²) in [6.07, 6.45) is 0. The summed E-state index contributed by atoms with van der Waals surface area (Å²) >= 11 is 0. The van der Waals surface area contributed by atoms with Crippen molar-refractivity contribution in [2.45, 2.75) is 19.9 Å². The molecule has 9 nitrogen and oxygen atoms in total. The van der Waals surface area contributed by atoms with Gasteiger partial charge in [0.1, 0.15) is 17.4 Å². The monoisotopic (exact) mass is 500 g/mol. The van der Waals surface area contributed by atoms with Gasteiger partial charge in [0, 0.05) is 25.2 Å². The zero-order valence-electron chi connectivity index (χ0n) is 21.0.